The Bertz CT molecular complexity index is 484. The third-order valence-electron chi connectivity index (χ3n) is 4.02. The number of rotatable bonds is 6. The highest BCUT2D eigenvalue weighted by Crippen LogP contribution is 2.27. The average Bonchev–Trinajstić information content (AvgIpc) is 2.46. The Morgan fingerprint density at radius 2 is 2.29 bits per heavy atom. The van der Waals surface area contributed by atoms with Crippen LogP contribution in [0.15, 0.2) is 18.2 Å². The molecule has 1 aliphatic rings. The minimum absolute atomic E-state index is 0.0932. The van der Waals surface area contributed by atoms with Gasteiger partial charge in [0.05, 0.1) is 13.2 Å². The molecule has 1 aromatic carbocycles. The van der Waals surface area contributed by atoms with Crippen LogP contribution in [-0.4, -0.2) is 30.7 Å². The predicted molar refractivity (Wildman–Crippen MR) is 80.7 cm³/mol. The maximum Gasteiger partial charge on any atom is 0.160 e. The third-order valence-corrected chi connectivity index (χ3v) is 4.02. The summed E-state index contributed by atoms with van der Waals surface area (Å²) in [5, 5.41) is 9.55. The molecule has 1 aliphatic heterocycles. The molecule has 2 atom stereocenters. The number of methoxy groups -OCH3 is 1. The zero-order valence-corrected chi connectivity index (χ0v) is 12.8. The van der Waals surface area contributed by atoms with Gasteiger partial charge in [0.25, 0.3) is 0 Å². The van der Waals surface area contributed by atoms with Gasteiger partial charge < -0.3 is 14.6 Å². The first-order valence-electron chi connectivity index (χ1n) is 7.57. The Hall–Kier alpha value is -1.55. The number of carbonyl (C=O) groups is 1. The van der Waals surface area contributed by atoms with Crippen LogP contribution in [0.1, 0.15) is 38.2 Å². The lowest BCUT2D eigenvalue weighted by molar-refractivity contribution is -0.123. The number of benzene rings is 1. The van der Waals surface area contributed by atoms with E-state index in [9.17, 15) is 9.90 Å². The molecule has 0 aliphatic carbocycles. The molecule has 0 spiro atoms. The molecule has 0 saturated carbocycles. The van der Waals surface area contributed by atoms with Gasteiger partial charge in [0.1, 0.15) is 5.78 Å². The van der Waals surface area contributed by atoms with Crippen LogP contribution in [0, 0.1) is 5.92 Å². The second-order valence-electron chi connectivity index (χ2n) is 5.87. The second-order valence-corrected chi connectivity index (χ2v) is 5.87. The first kappa shape index (κ1) is 15.8. The molecule has 0 radical (unpaired) electrons. The summed E-state index contributed by atoms with van der Waals surface area (Å²) in [4.78, 5) is 12.1. The number of ketones is 1. The van der Waals surface area contributed by atoms with Gasteiger partial charge in [-0.1, -0.05) is 13.0 Å². The molecule has 0 amide bonds. The zero-order valence-electron chi connectivity index (χ0n) is 12.8. The highest BCUT2D eigenvalue weighted by atomic mass is 16.5. The van der Waals surface area contributed by atoms with Crippen molar-refractivity contribution in [3.63, 3.8) is 0 Å². The molecule has 1 saturated heterocycles. The number of carbonyl (C=O) groups excluding carboxylic acids is 1. The zero-order chi connectivity index (χ0) is 15.2. The Morgan fingerprint density at radius 1 is 1.48 bits per heavy atom. The van der Waals surface area contributed by atoms with Crippen molar-refractivity contribution in [1.29, 1.82) is 0 Å². The molecule has 0 bridgehead atoms. The molecule has 4 nitrogen and oxygen atoms in total. The van der Waals surface area contributed by atoms with Crippen LogP contribution in [0.5, 0.6) is 11.5 Å². The summed E-state index contributed by atoms with van der Waals surface area (Å²) < 4.78 is 10.7. The van der Waals surface area contributed by atoms with Gasteiger partial charge in [-0.15, -0.1) is 0 Å². The summed E-state index contributed by atoms with van der Waals surface area (Å²) >= 11 is 0. The summed E-state index contributed by atoms with van der Waals surface area (Å²) in [5.74, 6) is 1.46. The number of aryl methyl sites for hydroxylation is 1. The van der Waals surface area contributed by atoms with Crippen molar-refractivity contribution in [2.24, 2.45) is 5.92 Å². The van der Waals surface area contributed by atoms with Crippen LogP contribution in [0.25, 0.3) is 0 Å². The van der Waals surface area contributed by atoms with E-state index in [1.165, 1.54) is 7.11 Å². The van der Waals surface area contributed by atoms with Crippen LogP contribution in [0.2, 0.25) is 0 Å². The Labute approximate surface area is 126 Å². The standard InChI is InChI=1S/C17H24O4/c1-12-7-8-21-15(9-12)11-14(18)5-3-13-4-6-16(19)17(10-13)20-2/h4,6,10,12,15,19H,3,5,7-9,11H2,1-2H3. The Balaban J connectivity index is 1.81. The van der Waals surface area contributed by atoms with Gasteiger partial charge in [0.2, 0.25) is 0 Å². The van der Waals surface area contributed by atoms with Gasteiger partial charge in [0.15, 0.2) is 11.5 Å². The van der Waals surface area contributed by atoms with Crippen molar-refractivity contribution < 1.29 is 19.4 Å². The number of phenolic OH excluding ortho intramolecular Hbond substituents is 1. The lowest BCUT2D eigenvalue weighted by Crippen LogP contribution is -2.26. The number of Topliss-reactive ketones (excluding diaryl/α,β-unsaturated/α-hetero) is 1. The molecule has 0 aromatic heterocycles. The highest BCUT2D eigenvalue weighted by Gasteiger charge is 2.21. The van der Waals surface area contributed by atoms with Gasteiger partial charge in [0, 0.05) is 19.4 Å². The van der Waals surface area contributed by atoms with E-state index in [4.69, 9.17) is 9.47 Å². The summed E-state index contributed by atoms with van der Waals surface area (Å²) in [5.41, 5.74) is 0.996. The monoisotopic (exact) mass is 292 g/mol. The van der Waals surface area contributed by atoms with E-state index in [0.717, 1.165) is 25.0 Å². The maximum absolute atomic E-state index is 12.1. The smallest absolute Gasteiger partial charge is 0.160 e. The van der Waals surface area contributed by atoms with Crippen LogP contribution < -0.4 is 4.74 Å². The first-order chi connectivity index (χ1) is 10.1. The summed E-state index contributed by atoms with van der Waals surface area (Å²) in [6.07, 6.45) is 3.85. The molecule has 1 fully saturated rings. The molecule has 2 rings (SSSR count). The van der Waals surface area contributed by atoms with Crippen molar-refractivity contribution in [2.75, 3.05) is 13.7 Å². The number of aromatic hydroxyl groups is 1. The Morgan fingerprint density at radius 3 is 3.00 bits per heavy atom. The molecule has 1 aromatic rings. The van der Waals surface area contributed by atoms with E-state index in [0.29, 0.717) is 30.9 Å². The first-order valence-corrected chi connectivity index (χ1v) is 7.57. The van der Waals surface area contributed by atoms with Gasteiger partial charge in [-0.25, -0.2) is 0 Å². The van der Waals surface area contributed by atoms with Crippen molar-refractivity contribution in [3.05, 3.63) is 23.8 Å². The van der Waals surface area contributed by atoms with E-state index < -0.39 is 0 Å². The molecule has 4 heteroatoms. The second kappa shape index (κ2) is 7.46. The molecule has 21 heavy (non-hydrogen) atoms. The van der Waals surface area contributed by atoms with Gasteiger partial charge >= 0.3 is 0 Å². The fourth-order valence-electron chi connectivity index (χ4n) is 2.73. The van der Waals surface area contributed by atoms with E-state index in [2.05, 4.69) is 6.92 Å². The average molecular weight is 292 g/mol. The largest absolute Gasteiger partial charge is 0.504 e. The van der Waals surface area contributed by atoms with Crippen LogP contribution in [-0.2, 0) is 16.0 Å². The molecule has 1 heterocycles. The van der Waals surface area contributed by atoms with Crippen molar-refractivity contribution in [2.45, 2.75) is 45.1 Å². The van der Waals surface area contributed by atoms with E-state index in [1.807, 2.05) is 6.07 Å². The van der Waals surface area contributed by atoms with E-state index in [-0.39, 0.29) is 17.6 Å². The van der Waals surface area contributed by atoms with Gasteiger partial charge in [-0.3, -0.25) is 4.79 Å². The maximum atomic E-state index is 12.1. The van der Waals surface area contributed by atoms with Crippen LogP contribution in [0.4, 0.5) is 0 Å². The Kier molecular flexibility index (Phi) is 5.62. The van der Waals surface area contributed by atoms with Gasteiger partial charge in [-0.05, 0) is 42.9 Å². The van der Waals surface area contributed by atoms with Crippen molar-refractivity contribution in [3.8, 4) is 11.5 Å². The van der Waals surface area contributed by atoms with Crippen molar-refractivity contribution >= 4 is 5.78 Å². The van der Waals surface area contributed by atoms with E-state index >= 15 is 0 Å². The number of ether oxygens (including phenoxy) is 2. The highest BCUT2D eigenvalue weighted by molar-refractivity contribution is 5.79. The molecule has 116 valence electrons. The summed E-state index contributed by atoms with van der Waals surface area (Å²) in [6.45, 7) is 2.98. The molecule has 2 unspecified atom stereocenters. The molecular weight excluding hydrogens is 268 g/mol. The number of hydrogen-bond donors (Lipinski definition) is 1. The fourth-order valence-corrected chi connectivity index (χ4v) is 2.73. The SMILES string of the molecule is COc1cc(CCC(=O)CC2CC(C)CCO2)ccc1O. The quantitative estimate of drug-likeness (QED) is 0.875. The van der Waals surface area contributed by atoms with E-state index in [1.54, 1.807) is 12.1 Å². The predicted octanol–water partition coefficient (Wildman–Crippen LogP) is 3.11. The summed E-state index contributed by atoms with van der Waals surface area (Å²) in [7, 11) is 1.52. The summed E-state index contributed by atoms with van der Waals surface area (Å²) in [6, 6.07) is 5.21. The van der Waals surface area contributed by atoms with Crippen molar-refractivity contribution in [1.82, 2.24) is 0 Å². The fraction of sp³-hybridized carbons (Fsp3) is 0.588. The number of phenols is 1. The molecule has 1 N–H and O–H groups in total. The minimum atomic E-state index is 0.0932. The lowest BCUT2D eigenvalue weighted by Gasteiger charge is -2.26. The third kappa shape index (κ3) is 4.74. The minimum Gasteiger partial charge on any atom is -0.504 e. The van der Waals surface area contributed by atoms with Crippen LogP contribution >= 0.6 is 0 Å². The normalized spacial score (nSPS) is 22.0. The van der Waals surface area contributed by atoms with Gasteiger partial charge in [-0.2, -0.15) is 0 Å². The topological polar surface area (TPSA) is 55.8 Å². The van der Waals surface area contributed by atoms with Crippen LogP contribution in [0.3, 0.4) is 0 Å². The lowest BCUT2D eigenvalue weighted by atomic mass is 9.94. The number of hydrogen-bond acceptors (Lipinski definition) is 4. The molecular formula is C17H24O4.